The highest BCUT2D eigenvalue weighted by molar-refractivity contribution is 7.90. The Morgan fingerprint density at radius 1 is 1.00 bits per heavy atom. The number of ether oxygens (including phenoxy) is 2. The summed E-state index contributed by atoms with van der Waals surface area (Å²) in [5, 5.41) is 3.09. The highest BCUT2D eigenvalue weighted by atomic mass is 32.2. The maximum Gasteiger partial charge on any atom is 0.286 e. The van der Waals surface area contributed by atoms with Crippen LogP contribution in [0.1, 0.15) is 12.0 Å². The molecule has 24 heavy (non-hydrogen) atoms. The second-order valence-electron chi connectivity index (χ2n) is 5.32. The summed E-state index contributed by atoms with van der Waals surface area (Å²) in [7, 11) is -0.473. The summed E-state index contributed by atoms with van der Waals surface area (Å²) < 4.78 is 38.8. The maximum absolute atomic E-state index is 12.2. The lowest BCUT2D eigenvalue weighted by Gasteiger charge is -2.18. The maximum atomic E-state index is 12.2. The Morgan fingerprint density at radius 3 is 2.50 bits per heavy atom. The summed E-state index contributed by atoms with van der Waals surface area (Å²) in [6.07, 6.45) is 1.10. The third kappa shape index (κ3) is 3.21. The van der Waals surface area contributed by atoms with E-state index in [0.717, 1.165) is 5.56 Å². The van der Waals surface area contributed by atoms with Gasteiger partial charge in [0.15, 0.2) is 11.5 Å². The van der Waals surface area contributed by atoms with Crippen LogP contribution in [0, 0.1) is 0 Å². The number of anilines is 1. The number of methoxy groups -OCH3 is 2. The number of hydrogen-bond donors (Lipinski definition) is 1. The molecule has 3 rings (SSSR count). The van der Waals surface area contributed by atoms with E-state index in [1.165, 1.54) is 0 Å². The lowest BCUT2D eigenvalue weighted by atomic mass is 10.1. The van der Waals surface area contributed by atoms with Gasteiger partial charge < -0.3 is 14.8 Å². The van der Waals surface area contributed by atoms with Gasteiger partial charge in [0.05, 0.1) is 19.9 Å². The average molecular weight is 346 g/mol. The van der Waals surface area contributed by atoms with Crippen LogP contribution in [0.5, 0.6) is 11.5 Å². The molecule has 0 bridgehead atoms. The van der Waals surface area contributed by atoms with Crippen LogP contribution in [0.4, 0.5) is 5.69 Å². The quantitative estimate of drug-likeness (QED) is 0.901. The van der Waals surface area contributed by atoms with Gasteiger partial charge in [-0.3, -0.25) is 0 Å². The molecule has 2 aromatic rings. The van der Waals surface area contributed by atoms with Crippen molar-refractivity contribution in [2.45, 2.75) is 17.7 Å². The molecular formula is C17H18N2O4S. The average Bonchev–Trinajstić information content (AvgIpc) is 2.59. The molecule has 0 aromatic heterocycles. The Balaban J connectivity index is 1.78. The number of fused-ring (bicyclic) bond motifs is 1. The SMILES string of the molecule is COc1ccc(CCC2=NS(=O)(=O)c3ccccc3N2)cc1OC. The van der Waals surface area contributed by atoms with Gasteiger partial charge in [0.2, 0.25) is 0 Å². The Labute approximate surface area is 141 Å². The first-order valence-corrected chi connectivity index (χ1v) is 8.88. The van der Waals surface area contributed by atoms with Gasteiger partial charge in [0.1, 0.15) is 10.7 Å². The number of amidine groups is 1. The Morgan fingerprint density at radius 2 is 1.75 bits per heavy atom. The number of nitrogens with one attached hydrogen (secondary N) is 1. The fraction of sp³-hybridized carbons (Fsp3) is 0.235. The van der Waals surface area contributed by atoms with Gasteiger partial charge in [0.25, 0.3) is 10.0 Å². The Kier molecular flexibility index (Phi) is 4.44. The zero-order valence-electron chi connectivity index (χ0n) is 13.4. The second-order valence-corrected chi connectivity index (χ2v) is 6.90. The molecule has 126 valence electrons. The fourth-order valence-electron chi connectivity index (χ4n) is 2.57. The van der Waals surface area contributed by atoms with Gasteiger partial charge in [-0.05, 0) is 36.2 Å². The van der Waals surface area contributed by atoms with Crippen LogP contribution >= 0.6 is 0 Å². The number of aryl methyl sites for hydroxylation is 1. The topological polar surface area (TPSA) is 77.0 Å². The molecule has 2 aromatic carbocycles. The van der Waals surface area contributed by atoms with Gasteiger partial charge in [-0.2, -0.15) is 8.42 Å². The van der Waals surface area contributed by atoms with E-state index in [2.05, 4.69) is 9.71 Å². The lowest BCUT2D eigenvalue weighted by Crippen LogP contribution is -2.21. The predicted molar refractivity (Wildman–Crippen MR) is 92.6 cm³/mol. The van der Waals surface area contributed by atoms with Crippen molar-refractivity contribution in [2.75, 3.05) is 19.5 Å². The molecule has 0 saturated carbocycles. The minimum Gasteiger partial charge on any atom is -0.493 e. The monoisotopic (exact) mass is 346 g/mol. The molecular weight excluding hydrogens is 328 g/mol. The molecule has 1 N–H and O–H groups in total. The molecule has 1 heterocycles. The van der Waals surface area contributed by atoms with Crippen LogP contribution in [-0.4, -0.2) is 28.5 Å². The van der Waals surface area contributed by atoms with Crippen LogP contribution in [0.15, 0.2) is 51.8 Å². The molecule has 0 saturated heterocycles. The number of nitrogens with zero attached hydrogens (tertiary/aromatic N) is 1. The number of sulfonamides is 1. The van der Waals surface area contributed by atoms with Crippen LogP contribution < -0.4 is 14.8 Å². The van der Waals surface area contributed by atoms with Gasteiger partial charge in [-0.1, -0.05) is 18.2 Å². The minimum atomic E-state index is -3.64. The van der Waals surface area contributed by atoms with Crippen LogP contribution in [-0.2, 0) is 16.4 Å². The summed E-state index contributed by atoms with van der Waals surface area (Å²) in [5.74, 6) is 1.74. The van der Waals surface area contributed by atoms with E-state index in [1.807, 2.05) is 18.2 Å². The van der Waals surface area contributed by atoms with Gasteiger partial charge in [-0.25, -0.2) is 0 Å². The third-order valence-electron chi connectivity index (χ3n) is 3.77. The minimum absolute atomic E-state index is 0.208. The molecule has 1 aliphatic heterocycles. The third-order valence-corrected chi connectivity index (χ3v) is 5.15. The molecule has 0 aliphatic carbocycles. The van der Waals surface area contributed by atoms with Crippen molar-refractivity contribution in [3.05, 3.63) is 48.0 Å². The molecule has 7 heteroatoms. The zero-order chi connectivity index (χ0) is 17.2. The number of para-hydroxylation sites is 1. The van der Waals surface area contributed by atoms with Crippen molar-refractivity contribution in [1.29, 1.82) is 0 Å². The van der Waals surface area contributed by atoms with Crippen molar-refractivity contribution < 1.29 is 17.9 Å². The van der Waals surface area contributed by atoms with Crippen molar-refractivity contribution in [3.8, 4) is 11.5 Å². The van der Waals surface area contributed by atoms with Gasteiger partial charge in [-0.15, -0.1) is 4.40 Å². The lowest BCUT2D eigenvalue weighted by molar-refractivity contribution is 0.354. The molecule has 0 unspecified atom stereocenters. The van der Waals surface area contributed by atoms with E-state index >= 15 is 0 Å². The molecule has 0 spiro atoms. The molecule has 0 fully saturated rings. The van der Waals surface area contributed by atoms with Gasteiger partial charge >= 0.3 is 0 Å². The van der Waals surface area contributed by atoms with Crippen molar-refractivity contribution in [3.63, 3.8) is 0 Å². The smallest absolute Gasteiger partial charge is 0.286 e. The van der Waals surface area contributed by atoms with E-state index in [-0.39, 0.29) is 4.90 Å². The Bertz CT molecular complexity index is 891. The first kappa shape index (κ1) is 16.3. The highest BCUT2D eigenvalue weighted by Gasteiger charge is 2.23. The van der Waals surface area contributed by atoms with E-state index in [1.54, 1.807) is 38.5 Å². The first-order chi connectivity index (χ1) is 11.5. The molecule has 0 atom stereocenters. The Hall–Kier alpha value is -2.54. The molecule has 0 amide bonds. The van der Waals surface area contributed by atoms with Gasteiger partial charge in [0, 0.05) is 6.42 Å². The fourth-order valence-corrected chi connectivity index (χ4v) is 3.75. The van der Waals surface area contributed by atoms with E-state index in [4.69, 9.17) is 9.47 Å². The van der Waals surface area contributed by atoms with E-state index in [0.29, 0.717) is 35.9 Å². The molecule has 6 nitrogen and oxygen atoms in total. The summed E-state index contributed by atoms with van der Waals surface area (Å²) in [5.41, 5.74) is 1.57. The van der Waals surface area contributed by atoms with Crippen molar-refractivity contribution in [2.24, 2.45) is 4.40 Å². The highest BCUT2D eigenvalue weighted by Crippen LogP contribution is 2.29. The summed E-state index contributed by atoms with van der Waals surface area (Å²) in [4.78, 5) is 0.208. The zero-order valence-corrected chi connectivity index (χ0v) is 14.3. The van der Waals surface area contributed by atoms with Crippen LogP contribution in [0.3, 0.4) is 0 Å². The predicted octanol–water partition coefficient (Wildman–Crippen LogP) is 2.85. The summed E-state index contributed by atoms with van der Waals surface area (Å²) in [6.45, 7) is 0. The number of rotatable bonds is 5. The van der Waals surface area contributed by atoms with Crippen molar-refractivity contribution >= 4 is 21.5 Å². The first-order valence-electron chi connectivity index (χ1n) is 7.44. The van der Waals surface area contributed by atoms with Crippen molar-refractivity contribution in [1.82, 2.24) is 0 Å². The molecule has 0 radical (unpaired) electrons. The normalized spacial score (nSPS) is 15.0. The summed E-state index contributed by atoms with van der Waals surface area (Å²) >= 11 is 0. The largest absolute Gasteiger partial charge is 0.493 e. The second kappa shape index (κ2) is 6.52. The molecule has 1 aliphatic rings. The van der Waals surface area contributed by atoms with Crippen LogP contribution in [0.25, 0.3) is 0 Å². The summed E-state index contributed by atoms with van der Waals surface area (Å²) in [6, 6.07) is 12.4. The standard InChI is InChI=1S/C17H18N2O4S/c1-22-14-9-7-12(11-15(14)23-2)8-10-17-18-13-5-3-4-6-16(13)24(20,21)19-17/h3-7,9,11H,8,10H2,1-2H3,(H,18,19). The van der Waals surface area contributed by atoms with Crippen LogP contribution in [0.2, 0.25) is 0 Å². The number of hydrogen-bond acceptors (Lipinski definition) is 5. The van der Waals surface area contributed by atoms with E-state index in [9.17, 15) is 8.42 Å². The van der Waals surface area contributed by atoms with E-state index < -0.39 is 10.0 Å². The number of benzene rings is 2.